The number of carbonyl (C=O) groups is 1. The normalized spacial score (nSPS) is 18.6. The van der Waals surface area contributed by atoms with Crippen molar-refractivity contribution in [2.24, 2.45) is 0 Å². The minimum absolute atomic E-state index is 0.100. The summed E-state index contributed by atoms with van der Waals surface area (Å²) in [6, 6.07) is 10.1. The Morgan fingerprint density at radius 3 is 2.73 bits per heavy atom. The van der Waals surface area contributed by atoms with Gasteiger partial charge in [0.15, 0.2) is 5.43 Å². The van der Waals surface area contributed by atoms with Gasteiger partial charge >= 0.3 is 0 Å². The molecule has 0 N–H and O–H groups in total. The molecule has 2 aliphatic heterocycles. The van der Waals surface area contributed by atoms with E-state index in [0.717, 1.165) is 39.3 Å². The maximum absolute atomic E-state index is 13.6. The molecule has 0 radical (unpaired) electrons. The van der Waals surface area contributed by atoms with E-state index in [1.165, 1.54) is 0 Å². The van der Waals surface area contributed by atoms with E-state index in [-0.39, 0.29) is 17.1 Å². The topological polar surface area (TPSA) is 85.1 Å². The molecule has 1 atom stereocenters. The fourth-order valence-electron chi connectivity index (χ4n) is 4.62. The van der Waals surface area contributed by atoms with Crippen LogP contribution in [0.15, 0.2) is 51.8 Å². The van der Waals surface area contributed by atoms with Gasteiger partial charge in [0.25, 0.3) is 5.91 Å². The molecule has 3 aromatic rings. The number of benzene rings is 1. The Morgan fingerprint density at radius 2 is 1.97 bits per heavy atom. The van der Waals surface area contributed by atoms with Crippen LogP contribution in [0.25, 0.3) is 11.0 Å². The first-order valence-electron chi connectivity index (χ1n) is 11.4. The van der Waals surface area contributed by atoms with E-state index in [1.807, 2.05) is 25.1 Å². The summed E-state index contributed by atoms with van der Waals surface area (Å²) in [4.78, 5) is 35.6. The molecular weight excluding hydrogens is 422 g/mol. The molecule has 0 bridgehead atoms. The summed E-state index contributed by atoms with van der Waals surface area (Å²) in [5, 5.41) is 0.432. The van der Waals surface area contributed by atoms with Crippen molar-refractivity contribution < 1.29 is 18.7 Å². The van der Waals surface area contributed by atoms with E-state index in [1.54, 1.807) is 29.3 Å². The predicted octanol–water partition coefficient (Wildman–Crippen LogP) is 2.85. The van der Waals surface area contributed by atoms with E-state index in [4.69, 9.17) is 13.9 Å². The lowest BCUT2D eigenvalue weighted by Crippen LogP contribution is -2.39. The highest BCUT2D eigenvalue weighted by Crippen LogP contribution is 2.37. The molecule has 1 amide bonds. The molecule has 2 aliphatic rings. The summed E-state index contributed by atoms with van der Waals surface area (Å²) in [6.07, 6.45) is 2.46. The van der Waals surface area contributed by atoms with Crippen LogP contribution in [0.1, 0.15) is 41.2 Å². The van der Waals surface area contributed by atoms with Crippen LogP contribution in [0.2, 0.25) is 0 Å². The van der Waals surface area contributed by atoms with Crippen molar-refractivity contribution in [2.75, 3.05) is 46.0 Å². The van der Waals surface area contributed by atoms with Crippen molar-refractivity contribution in [2.45, 2.75) is 19.4 Å². The molecule has 1 unspecified atom stereocenters. The Morgan fingerprint density at radius 1 is 1.12 bits per heavy atom. The van der Waals surface area contributed by atoms with Gasteiger partial charge < -0.3 is 18.8 Å². The highest BCUT2D eigenvalue weighted by molar-refractivity contribution is 5.99. The maximum atomic E-state index is 13.6. The quantitative estimate of drug-likeness (QED) is 0.548. The molecule has 4 heterocycles. The summed E-state index contributed by atoms with van der Waals surface area (Å²) in [7, 11) is 0. The minimum Gasteiger partial charge on any atom is -0.494 e. The first-order chi connectivity index (χ1) is 16.2. The predicted molar refractivity (Wildman–Crippen MR) is 123 cm³/mol. The molecule has 0 saturated carbocycles. The fourth-order valence-corrected chi connectivity index (χ4v) is 4.62. The number of fused-ring (bicyclic) bond motifs is 2. The van der Waals surface area contributed by atoms with Crippen LogP contribution >= 0.6 is 0 Å². The lowest BCUT2D eigenvalue weighted by molar-refractivity contribution is 0.0353. The molecule has 1 fully saturated rings. The van der Waals surface area contributed by atoms with Crippen molar-refractivity contribution in [1.29, 1.82) is 0 Å². The highest BCUT2D eigenvalue weighted by Gasteiger charge is 2.43. The third kappa shape index (κ3) is 4.12. The Balaban J connectivity index is 1.51. The smallest absolute Gasteiger partial charge is 0.290 e. The van der Waals surface area contributed by atoms with Crippen LogP contribution in [0, 0.1) is 0 Å². The molecule has 2 aromatic heterocycles. The summed E-state index contributed by atoms with van der Waals surface area (Å²) in [5.41, 5.74) is 1.18. The van der Waals surface area contributed by atoms with Crippen LogP contribution < -0.4 is 10.2 Å². The van der Waals surface area contributed by atoms with Gasteiger partial charge in [-0.15, -0.1) is 0 Å². The Hall–Kier alpha value is -3.23. The van der Waals surface area contributed by atoms with E-state index in [0.29, 0.717) is 41.1 Å². The summed E-state index contributed by atoms with van der Waals surface area (Å²) >= 11 is 0. The zero-order valence-electron chi connectivity index (χ0n) is 18.7. The zero-order valence-corrected chi connectivity index (χ0v) is 18.7. The molecule has 8 heteroatoms. The third-order valence-electron chi connectivity index (χ3n) is 6.20. The molecule has 8 nitrogen and oxygen atoms in total. The Kier molecular flexibility index (Phi) is 6.11. The van der Waals surface area contributed by atoms with Gasteiger partial charge in [0.2, 0.25) is 5.76 Å². The SMILES string of the molecule is CCOc1ccc2c(=O)c3c(oc2c1)C(=O)N(CCCN1CCOCC1)C3c1ccccn1. The number of hydrogen-bond acceptors (Lipinski definition) is 7. The van der Waals surface area contributed by atoms with Crippen LogP contribution in [0.3, 0.4) is 0 Å². The van der Waals surface area contributed by atoms with Gasteiger partial charge in [-0.25, -0.2) is 0 Å². The van der Waals surface area contributed by atoms with Gasteiger partial charge in [-0.3, -0.25) is 19.5 Å². The van der Waals surface area contributed by atoms with Crippen molar-refractivity contribution in [3.8, 4) is 5.75 Å². The van der Waals surface area contributed by atoms with Crippen molar-refractivity contribution in [3.63, 3.8) is 0 Å². The summed E-state index contributed by atoms with van der Waals surface area (Å²) in [6.45, 7) is 7.01. The van der Waals surface area contributed by atoms with Gasteiger partial charge in [-0.1, -0.05) is 6.07 Å². The van der Waals surface area contributed by atoms with Gasteiger partial charge in [-0.2, -0.15) is 0 Å². The first kappa shape index (κ1) is 21.6. The Labute approximate surface area is 191 Å². The second kappa shape index (κ2) is 9.33. The molecule has 0 spiro atoms. The largest absolute Gasteiger partial charge is 0.494 e. The molecule has 0 aliphatic carbocycles. The van der Waals surface area contributed by atoms with Gasteiger partial charge in [0.05, 0.1) is 36.5 Å². The van der Waals surface area contributed by atoms with Crippen LogP contribution in [-0.2, 0) is 4.74 Å². The molecule has 1 saturated heterocycles. The molecule has 33 heavy (non-hydrogen) atoms. The van der Waals surface area contributed by atoms with E-state index >= 15 is 0 Å². The molecule has 5 rings (SSSR count). The minimum atomic E-state index is -0.564. The number of nitrogens with zero attached hydrogens (tertiary/aromatic N) is 3. The summed E-state index contributed by atoms with van der Waals surface area (Å²) < 4.78 is 17.0. The number of amides is 1. The zero-order chi connectivity index (χ0) is 22.8. The maximum Gasteiger partial charge on any atom is 0.290 e. The number of ether oxygens (including phenoxy) is 2. The molecule has 172 valence electrons. The second-order valence-electron chi connectivity index (χ2n) is 8.23. The monoisotopic (exact) mass is 449 g/mol. The Bertz CT molecular complexity index is 1200. The lowest BCUT2D eigenvalue weighted by atomic mass is 10.0. The van der Waals surface area contributed by atoms with Crippen LogP contribution in [0.5, 0.6) is 5.75 Å². The molecular formula is C25H27N3O5. The number of aromatic nitrogens is 1. The van der Waals surface area contributed by atoms with Crippen molar-refractivity contribution in [1.82, 2.24) is 14.8 Å². The number of rotatable bonds is 7. The number of morpholine rings is 1. The van der Waals surface area contributed by atoms with Gasteiger partial charge in [-0.05, 0) is 37.6 Å². The second-order valence-corrected chi connectivity index (χ2v) is 8.23. The first-order valence-corrected chi connectivity index (χ1v) is 11.4. The molecule has 1 aromatic carbocycles. The van der Waals surface area contributed by atoms with Crippen LogP contribution in [0.4, 0.5) is 0 Å². The number of hydrogen-bond donors (Lipinski definition) is 0. The van der Waals surface area contributed by atoms with E-state index in [2.05, 4.69) is 9.88 Å². The third-order valence-corrected chi connectivity index (χ3v) is 6.20. The number of carbonyl (C=O) groups excluding carboxylic acids is 1. The highest BCUT2D eigenvalue weighted by atomic mass is 16.5. The van der Waals surface area contributed by atoms with E-state index in [9.17, 15) is 9.59 Å². The lowest BCUT2D eigenvalue weighted by Gasteiger charge is -2.28. The van der Waals surface area contributed by atoms with Gasteiger partial charge in [0, 0.05) is 38.4 Å². The van der Waals surface area contributed by atoms with Gasteiger partial charge in [0.1, 0.15) is 17.4 Å². The number of pyridine rings is 1. The summed E-state index contributed by atoms with van der Waals surface area (Å²) in [5.74, 6) is 0.425. The average molecular weight is 450 g/mol. The van der Waals surface area contributed by atoms with Crippen LogP contribution in [-0.4, -0.2) is 66.7 Å². The average Bonchev–Trinajstić information content (AvgIpc) is 3.12. The van der Waals surface area contributed by atoms with Crippen molar-refractivity contribution in [3.05, 3.63) is 69.8 Å². The standard InChI is InChI=1S/C25H27N3O5/c1-2-32-17-7-8-18-20(16-17)33-24-21(23(18)29)22(19-6-3-4-9-26-19)28(25(24)30)11-5-10-27-12-14-31-15-13-27/h3-4,6-9,16,22H,2,5,10-15H2,1H3. The van der Waals surface area contributed by atoms with Crippen molar-refractivity contribution >= 4 is 16.9 Å². The fraction of sp³-hybridized carbons (Fsp3) is 0.400. The van der Waals surface area contributed by atoms with E-state index < -0.39 is 6.04 Å².